The zero-order valence-electron chi connectivity index (χ0n) is 9.42. The van der Waals surface area contributed by atoms with Gasteiger partial charge in [0.05, 0.1) is 0 Å². The van der Waals surface area contributed by atoms with Gasteiger partial charge in [-0.15, -0.1) is 0 Å². The second-order valence-corrected chi connectivity index (χ2v) is 5.80. The van der Waals surface area contributed by atoms with Crippen molar-refractivity contribution in [3.63, 3.8) is 0 Å². The van der Waals surface area contributed by atoms with Gasteiger partial charge >= 0.3 is 0 Å². The zero-order valence-corrected chi connectivity index (χ0v) is 10.2. The van der Waals surface area contributed by atoms with Crippen LogP contribution in [0.1, 0.15) is 39.2 Å². The minimum atomic E-state index is 0.260. The standard InChI is InChI=1S/C13H20S/c1-4-5-11-14-13(2,3)12-9-7-6-8-10-12/h6-10H,4-5,11H2,1-3H3. The highest BCUT2D eigenvalue weighted by Crippen LogP contribution is 2.35. The highest BCUT2D eigenvalue weighted by molar-refractivity contribution is 8.00. The maximum Gasteiger partial charge on any atom is 0.0352 e. The Labute approximate surface area is 92.1 Å². The van der Waals surface area contributed by atoms with Crippen LogP contribution in [0, 0.1) is 0 Å². The van der Waals surface area contributed by atoms with E-state index in [-0.39, 0.29) is 4.75 Å². The fourth-order valence-corrected chi connectivity index (χ4v) is 2.64. The Morgan fingerprint density at radius 1 is 1.14 bits per heavy atom. The smallest absolute Gasteiger partial charge is 0.0352 e. The molecule has 0 aliphatic carbocycles. The third-order valence-corrected chi connectivity index (χ3v) is 3.88. The molecule has 0 amide bonds. The summed E-state index contributed by atoms with van der Waals surface area (Å²) in [7, 11) is 0. The molecule has 0 saturated carbocycles. The molecular weight excluding hydrogens is 188 g/mol. The van der Waals surface area contributed by atoms with Crippen molar-refractivity contribution in [2.24, 2.45) is 0 Å². The average Bonchev–Trinajstić information content (AvgIpc) is 2.19. The molecule has 1 rings (SSSR count). The van der Waals surface area contributed by atoms with Crippen LogP contribution in [0.2, 0.25) is 0 Å². The summed E-state index contributed by atoms with van der Waals surface area (Å²) in [4.78, 5) is 0. The van der Waals surface area contributed by atoms with Gasteiger partial charge in [0.15, 0.2) is 0 Å². The van der Waals surface area contributed by atoms with E-state index in [1.807, 2.05) is 0 Å². The molecule has 0 aliphatic rings. The van der Waals surface area contributed by atoms with Crippen molar-refractivity contribution in [3.8, 4) is 0 Å². The van der Waals surface area contributed by atoms with Crippen molar-refractivity contribution >= 4 is 11.8 Å². The highest BCUT2D eigenvalue weighted by Gasteiger charge is 2.19. The molecule has 1 aromatic carbocycles. The quantitative estimate of drug-likeness (QED) is 0.644. The van der Waals surface area contributed by atoms with E-state index in [1.165, 1.54) is 24.2 Å². The van der Waals surface area contributed by atoms with Gasteiger partial charge in [-0.25, -0.2) is 0 Å². The molecule has 78 valence electrons. The second kappa shape index (κ2) is 5.45. The van der Waals surface area contributed by atoms with E-state index in [2.05, 4.69) is 62.9 Å². The lowest BCUT2D eigenvalue weighted by Crippen LogP contribution is -2.12. The first-order chi connectivity index (χ1) is 6.67. The minimum Gasteiger partial charge on any atom is -0.151 e. The van der Waals surface area contributed by atoms with Crippen LogP contribution in [0.5, 0.6) is 0 Å². The average molecular weight is 208 g/mol. The molecule has 1 heteroatoms. The molecule has 1 aromatic rings. The number of hydrogen-bond acceptors (Lipinski definition) is 1. The Morgan fingerprint density at radius 2 is 1.79 bits per heavy atom. The summed E-state index contributed by atoms with van der Waals surface area (Å²) in [5, 5.41) is 0. The summed E-state index contributed by atoms with van der Waals surface area (Å²) >= 11 is 2.06. The molecule has 0 fully saturated rings. The first kappa shape index (κ1) is 11.6. The lowest BCUT2D eigenvalue weighted by atomic mass is 10.0. The van der Waals surface area contributed by atoms with E-state index in [9.17, 15) is 0 Å². The number of rotatable bonds is 5. The Balaban J connectivity index is 2.56. The lowest BCUT2D eigenvalue weighted by molar-refractivity contribution is 0.775. The molecule has 0 unspecified atom stereocenters. The van der Waals surface area contributed by atoms with E-state index in [0.717, 1.165) is 0 Å². The number of hydrogen-bond donors (Lipinski definition) is 0. The van der Waals surface area contributed by atoms with E-state index in [4.69, 9.17) is 0 Å². The Bertz CT molecular complexity index is 251. The van der Waals surface area contributed by atoms with Crippen molar-refractivity contribution < 1.29 is 0 Å². The lowest BCUT2D eigenvalue weighted by Gasteiger charge is -2.24. The molecule has 0 bridgehead atoms. The van der Waals surface area contributed by atoms with Gasteiger partial charge in [0.1, 0.15) is 0 Å². The van der Waals surface area contributed by atoms with Gasteiger partial charge in [0.25, 0.3) is 0 Å². The summed E-state index contributed by atoms with van der Waals surface area (Å²) < 4.78 is 0.260. The maximum absolute atomic E-state index is 2.31. The molecule has 0 heterocycles. The van der Waals surface area contributed by atoms with Gasteiger partial charge in [-0.3, -0.25) is 0 Å². The molecule has 0 nitrogen and oxygen atoms in total. The highest BCUT2D eigenvalue weighted by atomic mass is 32.2. The van der Waals surface area contributed by atoms with Crippen molar-refractivity contribution in [2.45, 2.75) is 38.4 Å². The van der Waals surface area contributed by atoms with Gasteiger partial charge < -0.3 is 0 Å². The third kappa shape index (κ3) is 3.38. The van der Waals surface area contributed by atoms with E-state index in [1.54, 1.807) is 0 Å². The fraction of sp³-hybridized carbons (Fsp3) is 0.538. The van der Waals surface area contributed by atoms with E-state index >= 15 is 0 Å². The van der Waals surface area contributed by atoms with Crippen LogP contribution >= 0.6 is 11.8 Å². The van der Waals surface area contributed by atoms with Gasteiger partial charge in [-0.05, 0) is 31.6 Å². The van der Waals surface area contributed by atoms with Gasteiger partial charge in [-0.1, -0.05) is 43.7 Å². The van der Waals surface area contributed by atoms with Gasteiger partial charge in [0.2, 0.25) is 0 Å². The summed E-state index contributed by atoms with van der Waals surface area (Å²) in [5.74, 6) is 1.26. The SMILES string of the molecule is CCCCSC(C)(C)c1ccccc1. The van der Waals surface area contributed by atoms with Crippen LogP contribution in [0.3, 0.4) is 0 Å². The number of benzene rings is 1. The predicted octanol–water partition coefficient (Wildman–Crippen LogP) is 4.46. The van der Waals surface area contributed by atoms with E-state index < -0.39 is 0 Å². The summed E-state index contributed by atoms with van der Waals surface area (Å²) in [6.45, 7) is 6.86. The topological polar surface area (TPSA) is 0 Å². The van der Waals surface area contributed by atoms with Crippen LogP contribution in [0.15, 0.2) is 30.3 Å². The summed E-state index contributed by atoms with van der Waals surface area (Å²) in [6, 6.07) is 10.8. The largest absolute Gasteiger partial charge is 0.151 e. The Morgan fingerprint density at radius 3 is 2.36 bits per heavy atom. The normalized spacial score (nSPS) is 11.6. The van der Waals surface area contributed by atoms with Crippen molar-refractivity contribution in [1.29, 1.82) is 0 Å². The van der Waals surface area contributed by atoms with Gasteiger partial charge in [-0.2, -0.15) is 11.8 Å². The van der Waals surface area contributed by atoms with Crippen LogP contribution in [-0.4, -0.2) is 5.75 Å². The molecule has 14 heavy (non-hydrogen) atoms. The molecule has 0 aliphatic heterocycles. The van der Waals surface area contributed by atoms with E-state index in [0.29, 0.717) is 0 Å². The molecule has 0 saturated heterocycles. The zero-order chi connectivity index (χ0) is 10.4. The number of unbranched alkanes of at least 4 members (excludes halogenated alkanes) is 1. The number of thioether (sulfide) groups is 1. The van der Waals surface area contributed by atoms with Crippen molar-refractivity contribution in [3.05, 3.63) is 35.9 Å². The predicted molar refractivity (Wildman–Crippen MR) is 66.8 cm³/mol. The monoisotopic (exact) mass is 208 g/mol. The molecule has 0 spiro atoms. The first-order valence-electron chi connectivity index (χ1n) is 5.36. The molecule has 0 radical (unpaired) electrons. The van der Waals surface area contributed by atoms with Crippen molar-refractivity contribution in [1.82, 2.24) is 0 Å². The van der Waals surface area contributed by atoms with Crippen LogP contribution in [0.25, 0.3) is 0 Å². The van der Waals surface area contributed by atoms with Crippen LogP contribution < -0.4 is 0 Å². The molecule has 0 aromatic heterocycles. The summed E-state index contributed by atoms with van der Waals surface area (Å²) in [6.07, 6.45) is 2.61. The Hall–Kier alpha value is -0.430. The Kier molecular flexibility index (Phi) is 4.53. The first-order valence-corrected chi connectivity index (χ1v) is 6.35. The maximum atomic E-state index is 2.31. The van der Waals surface area contributed by atoms with Crippen LogP contribution in [0.4, 0.5) is 0 Å². The van der Waals surface area contributed by atoms with Gasteiger partial charge in [0, 0.05) is 4.75 Å². The molecule has 0 atom stereocenters. The second-order valence-electron chi connectivity index (χ2n) is 4.08. The van der Waals surface area contributed by atoms with Crippen molar-refractivity contribution in [2.75, 3.05) is 5.75 Å². The third-order valence-electron chi connectivity index (χ3n) is 2.43. The fourth-order valence-electron chi connectivity index (χ4n) is 1.39. The van der Waals surface area contributed by atoms with Crippen LogP contribution in [-0.2, 0) is 4.75 Å². The minimum absolute atomic E-state index is 0.260. The molecular formula is C13H20S. The molecule has 0 N–H and O–H groups in total. The summed E-state index contributed by atoms with van der Waals surface area (Å²) in [5.41, 5.74) is 1.43.